The maximum Gasteiger partial charge on any atom is 0.258 e. The molecule has 1 amide bonds. The van der Waals surface area contributed by atoms with Gasteiger partial charge in [0.25, 0.3) is 5.91 Å². The Kier molecular flexibility index (Phi) is 4.66. The van der Waals surface area contributed by atoms with Gasteiger partial charge in [0.15, 0.2) is 0 Å². The molecule has 1 aromatic heterocycles. The van der Waals surface area contributed by atoms with Crippen molar-refractivity contribution in [2.75, 3.05) is 5.32 Å². The third kappa shape index (κ3) is 3.43. The zero-order valence-electron chi connectivity index (χ0n) is 11.1. The maximum atomic E-state index is 12.2. The molecule has 3 rings (SSSR count). The number of amides is 1. The minimum atomic E-state index is -0.217. The number of halogens is 2. The second kappa shape index (κ2) is 6.68. The van der Waals surface area contributed by atoms with Gasteiger partial charge in [-0.25, -0.2) is 0 Å². The van der Waals surface area contributed by atoms with Crippen LogP contribution < -0.4 is 5.32 Å². The number of aromatic nitrogens is 2. The van der Waals surface area contributed by atoms with Crippen molar-refractivity contribution in [2.24, 2.45) is 0 Å². The van der Waals surface area contributed by atoms with Gasteiger partial charge < -0.3 is 0 Å². The fourth-order valence-corrected chi connectivity index (χ4v) is 3.27. The first kappa shape index (κ1) is 15.3. The summed E-state index contributed by atoms with van der Waals surface area (Å²) in [6, 6.07) is 15.0. The molecule has 0 bridgehead atoms. The SMILES string of the molecule is O=C(Nc1nnc(-c2ccc(Br)cc2)s1)c1ccccc1Br. The van der Waals surface area contributed by atoms with Crippen LogP contribution in [0.3, 0.4) is 0 Å². The van der Waals surface area contributed by atoms with Gasteiger partial charge in [0.2, 0.25) is 5.13 Å². The van der Waals surface area contributed by atoms with E-state index < -0.39 is 0 Å². The van der Waals surface area contributed by atoms with Crippen molar-refractivity contribution in [1.29, 1.82) is 0 Å². The lowest BCUT2D eigenvalue weighted by Crippen LogP contribution is -2.12. The summed E-state index contributed by atoms with van der Waals surface area (Å²) in [6.45, 7) is 0. The van der Waals surface area contributed by atoms with Crippen molar-refractivity contribution < 1.29 is 4.79 Å². The number of anilines is 1. The minimum absolute atomic E-state index is 0.217. The van der Waals surface area contributed by atoms with Gasteiger partial charge in [0, 0.05) is 14.5 Å². The molecule has 0 spiro atoms. The van der Waals surface area contributed by atoms with Crippen LogP contribution in [-0.4, -0.2) is 16.1 Å². The molecular weight excluding hydrogens is 430 g/mol. The molecule has 1 heterocycles. The Morgan fingerprint density at radius 1 is 1.00 bits per heavy atom. The molecule has 0 aliphatic carbocycles. The highest BCUT2D eigenvalue weighted by molar-refractivity contribution is 9.10. The van der Waals surface area contributed by atoms with Crippen LogP contribution in [0.25, 0.3) is 10.6 Å². The van der Waals surface area contributed by atoms with Crippen LogP contribution in [0.2, 0.25) is 0 Å². The molecule has 1 N–H and O–H groups in total. The Bertz CT molecular complexity index is 818. The number of carbonyl (C=O) groups is 1. The number of benzene rings is 2. The average molecular weight is 439 g/mol. The quantitative estimate of drug-likeness (QED) is 0.627. The number of hydrogen-bond acceptors (Lipinski definition) is 4. The first-order chi connectivity index (χ1) is 10.6. The summed E-state index contributed by atoms with van der Waals surface area (Å²) in [5, 5.41) is 12.1. The Hall–Kier alpha value is -1.57. The van der Waals surface area contributed by atoms with Crippen molar-refractivity contribution in [3.8, 4) is 10.6 Å². The van der Waals surface area contributed by atoms with Gasteiger partial charge in [0.1, 0.15) is 5.01 Å². The number of rotatable bonds is 3. The van der Waals surface area contributed by atoms with Gasteiger partial charge >= 0.3 is 0 Å². The molecule has 0 aliphatic rings. The van der Waals surface area contributed by atoms with Gasteiger partial charge in [0.05, 0.1) is 5.56 Å². The van der Waals surface area contributed by atoms with Crippen molar-refractivity contribution in [2.45, 2.75) is 0 Å². The van der Waals surface area contributed by atoms with E-state index in [1.54, 1.807) is 6.07 Å². The van der Waals surface area contributed by atoms with Gasteiger partial charge in [-0.3, -0.25) is 10.1 Å². The topological polar surface area (TPSA) is 54.9 Å². The number of carbonyl (C=O) groups excluding carboxylic acids is 1. The highest BCUT2D eigenvalue weighted by Crippen LogP contribution is 2.28. The predicted molar refractivity (Wildman–Crippen MR) is 95.1 cm³/mol. The molecule has 0 saturated heterocycles. The van der Waals surface area contributed by atoms with E-state index >= 15 is 0 Å². The number of hydrogen-bond donors (Lipinski definition) is 1. The summed E-state index contributed by atoms with van der Waals surface area (Å²) in [5.41, 5.74) is 1.52. The van der Waals surface area contributed by atoms with Crippen LogP contribution in [0.15, 0.2) is 57.5 Å². The minimum Gasteiger partial charge on any atom is -0.296 e. The van der Waals surface area contributed by atoms with E-state index in [4.69, 9.17) is 0 Å². The third-order valence-electron chi connectivity index (χ3n) is 2.86. The molecule has 0 fully saturated rings. The van der Waals surface area contributed by atoms with Crippen LogP contribution in [0.4, 0.5) is 5.13 Å². The lowest BCUT2D eigenvalue weighted by molar-refractivity contribution is 0.102. The zero-order valence-corrected chi connectivity index (χ0v) is 15.1. The normalized spacial score (nSPS) is 10.5. The van der Waals surface area contributed by atoms with E-state index in [-0.39, 0.29) is 5.91 Å². The summed E-state index contributed by atoms with van der Waals surface area (Å²) >= 11 is 8.09. The Morgan fingerprint density at radius 3 is 2.45 bits per heavy atom. The molecule has 2 aromatic carbocycles. The summed E-state index contributed by atoms with van der Waals surface area (Å²) in [7, 11) is 0. The van der Waals surface area contributed by atoms with Crippen LogP contribution in [-0.2, 0) is 0 Å². The molecule has 7 heteroatoms. The van der Waals surface area contributed by atoms with Crippen LogP contribution in [0, 0.1) is 0 Å². The fraction of sp³-hybridized carbons (Fsp3) is 0. The first-order valence-electron chi connectivity index (χ1n) is 6.29. The van der Waals surface area contributed by atoms with Crippen molar-refractivity contribution in [3.05, 3.63) is 63.0 Å². The van der Waals surface area contributed by atoms with Crippen LogP contribution in [0.5, 0.6) is 0 Å². The monoisotopic (exact) mass is 437 g/mol. The van der Waals surface area contributed by atoms with E-state index in [1.807, 2.05) is 42.5 Å². The molecule has 110 valence electrons. The van der Waals surface area contributed by atoms with Crippen molar-refractivity contribution in [1.82, 2.24) is 10.2 Å². The summed E-state index contributed by atoms with van der Waals surface area (Å²) in [5.74, 6) is -0.217. The first-order valence-corrected chi connectivity index (χ1v) is 8.69. The standard InChI is InChI=1S/C15H9Br2N3OS/c16-10-7-5-9(6-8-10)14-19-20-15(22-14)18-13(21)11-3-1-2-4-12(11)17/h1-8H,(H,18,20,21). The second-order valence-corrected chi connectivity index (χ2v) is 7.10. The Morgan fingerprint density at radius 2 is 1.73 bits per heavy atom. The smallest absolute Gasteiger partial charge is 0.258 e. The predicted octanol–water partition coefficient (Wildman–Crippen LogP) is 4.98. The van der Waals surface area contributed by atoms with Gasteiger partial charge in [-0.2, -0.15) is 0 Å². The highest BCUT2D eigenvalue weighted by Gasteiger charge is 2.13. The van der Waals surface area contributed by atoms with E-state index in [0.717, 1.165) is 19.5 Å². The highest BCUT2D eigenvalue weighted by atomic mass is 79.9. The van der Waals surface area contributed by atoms with Gasteiger partial charge in [-0.1, -0.05) is 51.5 Å². The van der Waals surface area contributed by atoms with Gasteiger partial charge in [-0.15, -0.1) is 10.2 Å². The third-order valence-corrected chi connectivity index (χ3v) is 4.96. The summed E-state index contributed by atoms with van der Waals surface area (Å²) < 4.78 is 1.74. The lowest BCUT2D eigenvalue weighted by atomic mass is 10.2. The zero-order chi connectivity index (χ0) is 15.5. The maximum absolute atomic E-state index is 12.2. The Balaban J connectivity index is 1.78. The molecule has 0 unspecified atom stereocenters. The summed E-state index contributed by atoms with van der Waals surface area (Å²) in [6.07, 6.45) is 0. The second-order valence-electron chi connectivity index (χ2n) is 4.35. The fourth-order valence-electron chi connectivity index (χ4n) is 1.79. The number of nitrogens with one attached hydrogen (secondary N) is 1. The van der Waals surface area contributed by atoms with Crippen LogP contribution >= 0.6 is 43.2 Å². The van der Waals surface area contributed by atoms with E-state index in [9.17, 15) is 4.79 Å². The molecular formula is C15H9Br2N3OS. The molecule has 0 saturated carbocycles. The molecule has 3 aromatic rings. The number of nitrogens with zero attached hydrogens (tertiary/aromatic N) is 2. The average Bonchev–Trinajstić information content (AvgIpc) is 2.97. The van der Waals surface area contributed by atoms with Crippen molar-refractivity contribution >= 4 is 54.2 Å². The van der Waals surface area contributed by atoms with E-state index in [1.165, 1.54) is 11.3 Å². The molecule has 0 aliphatic heterocycles. The van der Waals surface area contributed by atoms with Crippen LogP contribution in [0.1, 0.15) is 10.4 Å². The molecule has 4 nitrogen and oxygen atoms in total. The largest absolute Gasteiger partial charge is 0.296 e. The van der Waals surface area contributed by atoms with Gasteiger partial charge in [-0.05, 0) is 40.2 Å². The molecule has 0 atom stereocenters. The van der Waals surface area contributed by atoms with E-state index in [0.29, 0.717) is 10.7 Å². The molecule has 0 radical (unpaired) electrons. The molecule has 22 heavy (non-hydrogen) atoms. The summed E-state index contributed by atoms with van der Waals surface area (Å²) in [4.78, 5) is 12.2. The Labute approximate surface area is 147 Å². The van der Waals surface area contributed by atoms with E-state index in [2.05, 4.69) is 47.4 Å². The van der Waals surface area contributed by atoms with Crippen molar-refractivity contribution in [3.63, 3.8) is 0 Å². The lowest BCUT2D eigenvalue weighted by Gasteiger charge is -2.02.